The van der Waals surface area contributed by atoms with Crippen LogP contribution in [0.25, 0.3) is 0 Å². The SMILES string of the molecule is O=C(CC(=O)c1ccc([N+](=O)[O-])cc1)Nc1cccc(O)c1. The highest BCUT2D eigenvalue weighted by Gasteiger charge is 2.13. The molecule has 0 aromatic heterocycles. The number of phenolic OH excluding ortho intramolecular Hbond substituents is 1. The number of benzene rings is 2. The largest absolute Gasteiger partial charge is 0.508 e. The molecule has 0 radical (unpaired) electrons. The summed E-state index contributed by atoms with van der Waals surface area (Å²) in [5.41, 5.74) is 0.471. The molecule has 1 amide bonds. The zero-order chi connectivity index (χ0) is 16.1. The number of nitrogens with zero attached hydrogens (tertiary/aromatic N) is 1. The summed E-state index contributed by atoms with van der Waals surface area (Å²) >= 11 is 0. The van der Waals surface area contributed by atoms with E-state index in [1.807, 2.05) is 0 Å². The van der Waals surface area contributed by atoms with Crippen molar-refractivity contribution in [1.29, 1.82) is 0 Å². The summed E-state index contributed by atoms with van der Waals surface area (Å²) in [6, 6.07) is 11.0. The highest BCUT2D eigenvalue weighted by Crippen LogP contribution is 2.16. The van der Waals surface area contributed by atoms with Crippen LogP contribution < -0.4 is 5.32 Å². The summed E-state index contributed by atoms with van der Waals surface area (Å²) in [4.78, 5) is 33.6. The van der Waals surface area contributed by atoms with Crippen molar-refractivity contribution in [3.05, 3.63) is 64.2 Å². The number of hydrogen-bond donors (Lipinski definition) is 2. The normalized spacial score (nSPS) is 10.0. The number of ketones is 1. The Kier molecular flexibility index (Phi) is 4.47. The van der Waals surface area contributed by atoms with E-state index in [0.717, 1.165) is 0 Å². The van der Waals surface area contributed by atoms with Gasteiger partial charge in [0, 0.05) is 29.4 Å². The molecule has 7 heteroatoms. The Labute approximate surface area is 125 Å². The Bertz CT molecular complexity index is 725. The second-order valence-corrected chi connectivity index (χ2v) is 4.50. The lowest BCUT2D eigenvalue weighted by molar-refractivity contribution is -0.384. The molecule has 22 heavy (non-hydrogen) atoms. The van der Waals surface area contributed by atoms with Crippen LogP contribution in [0.4, 0.5) is 11.4 Å². The van der Waals surface area contributed by atoms with Gasteiger partial charge in [-0.1, -0.05) is 6.07 Å². The molecule has 0 atom stereocenters. The third-order valence-corrected chi connectivity index (χ3v) is 2.85. The Morgan fingerprint density at radius 3 is 2.41 bits per heavy atom. The van der Waals surface area contributed by atoms with E-state index in [4.69, 9.17) is 0 Å². The summed E-state index contributed by atoms with van der Waals surface area (Å²) in [7, 11) is 0. The molecule has 0 aliphatic rings. The number of Topliss-reactive ketones (excluding diaryl/α,β-unsaturated/α-hetero) is 1. The topological polar surface area (TPSA) is 110 Å². The van der Waals surface area contributed by atoms with Gasteiger partial charge in [0.2, 0.25) is 5.91 Å². The van der Waals surface area contributed by atoms with Crippen LogP contribution in [0.2, 0.25) is 0 Å². The van der Waals surface area contributed by atoms with E-state index < -0.39 is 23.0 Å². The minimum Gasteiger partial charge on any atom is -0.508 e. The lowest BCUT2D eigenvalue weighted by Gasteiger charge is -2.05. The number of non-ortho nitro benzene ring substituents is 1. The average Bonchev–Trinajstić information content (AvgIpc) is 2.47. The molecule has 2 aromatic rings. The van der Waals surface area contributed by atoms with E-state index in [1.165, 1.54) is 36.4 Å². The number of nitrogens with one attached hydrogen (secondary N) is 1. The lowest BCUT2D eigenvalue weighted by atomic mass is 10.1. The van der Waals surface area contributed by atoms with Gasteiger partial charge in [0.15, 0.2) is 5.78 Å². The molecule has 0 aliphatic carbocycles. The number of nitro benzene ring substituents is 1. The minimum atomic E-state index is -0.567. The maximum absolute atomic E-state index is 11.9. The highest BCUT2D eigenvalue weighted by molar-refractivity contribution is 6.11. The van der Waals surface area contributed by atoms with Gasteiger partial charge < -0.3 is 10.4 Å². The molecule has 0 saturated carbocycles. The zero-order valence-electron chi connectivity index (χ0n) is 11.4. The van der Waals surface area contributed by atoms with Crippen molar-refractivity contribution in [1.82, 2.24) is 0 Å². The van der Waals surface area contributed by atoms with Crippen LogP contribution in [0.3, 0.4) is 0 Å². The van der Waals surface area contributed by atoms with Crippen molar-refractivity contribution in [2.75, 3.05) is 5.32 Å². The molecule has 0 heterocycles. The van der Waals surface area contributed by atoms with Crippen molar-refractivity contribution >= 4 is 23.1 Å². The van der Waals surface area contributed by atoms with E-state index in [1.54, 1.807) is 12.1 Å². The van der Waals surface area contributed by atoms with E-state index in [-0.39, 0.29) is 17.0 Å². The summed E-state index contributed by atoms with van der Waals surface area (Å²) in [6.45, 7) is 0. The van der Waals surface area contributed by atoms with Crippen LogP contribution in [-0.4, -0.2) is 21.7 Å². The van der Waals surface area contributed by atoms with Crippen molar-refractivity contribution in [2.45, 2.75) is 6.42 Å². The van der Waals surface area contributed by atoms with Crippen LogP contribution in [0.5, 0.6) is 5.75 Å². The zero-order valence-corrected chi connectivity index (χ0v) is 11.4. The van der Waals surface area contributed by atoms with Gasteiger partial charge in [-0.25, -0.2) is 0 Å². The Hall–Kier alpha value is -3.22. The Balaban J connectivity index is 1.99. The van der Waals surface area contributed by atoms with Crippen LogP contribution in [0.1, 0.15) is 16.8 Å². The summed E-state index contributed by atoms with van der Waals surface area (Å²) < 4.78 is 0. The molecule has 0 spiro atoms. The number of carbonyl (C=O) groups is 2. The molecule has 0 aliphatic heterocycles. The van der Waals surface area contributed by atoms with Gasteiger partial charge in [0.05, 0.1) is 11.3 Å². The smallest absolute Gasteiger partial charge is 0.269 e. The molecule has 2 N–H and O–H groups in total. The van der Waals surface area contributed by atoms with E-state index in [9.17, 15) is 24.8 Å². The number of phenols is 1. The van der Waals surface area contributed by atoms with Gasteiger partial charge in [0.1, 0.15) is 5.75 Å². The first kappa shape index (κ1) is 15.2. The summed E-state index contributed by atoms with van der Waals surface area (Å²) in [6.07, 6.45) is -0.395. The molecular weight excluding hydrogens is 288 g/mol. The number of carbonyl (C=O) groups excluding carboxylic acids is 2. The lowest BCUT2D eigenvalue weighted by Crippen LogP contribution is -2.16. The number of anilines is 1. The fourth-order valence-electron chi connectivity index (χ4n) is 1.81. The molecule has 112 valence electrons. The van der Waals surface area contributed by atoms with Crippen LogP contribution in [0.15, 0.2) is 48.5 Å². The molecule has 0 bridgehead atoms. The van der Waals surface area contributed by atoms with Crippen LogP contribution in [-0.2, 0) is 4.79 Å². The van der Waals surface area contributed by atoms with Crippen molar-refractivity contribution in [3.8, 4) is 5.75 Å². The standard InChI is InChI=1S/C15H12N2O5/c18-13-3-1-2-11(8-13)16-15(20)9-14(19)10-4-6-12(7-5-10)17(21)22/h1-8,18H,9H2,(H,16,20). The third-order valence-electron chi connectivity index (χ3n) is 2.85. The fourth-order valence-corrected chi connectivity index (χ4v) is 1.81. The van der Waals surface area contributed by atoms with E-state index in [0.29, 0.717) is 5.69 Å². The number of rotatable bonds is 5. The molecule has 7 nitrogen and oxygen atoms in total. The second kappa shape index (κ2) is 6.49. The summed E-state index contributed by atoms with van der Waals surface area (Å²) in [5, 5.41) is 22.3. The number of hydrogen-bond acceptors (Lipinski definition) is 5. The van der Waals surface area contributed by atoms with Gasteiger partial charge in [-0.05, 0) is 24.3 Å². The molecule has 0 unspecified atom stereocenters. The molecule has 2 aromatic carbocycles. The maximum atomic E-state index is 11.9. The molecule has 0 fully saturated rings. The van der Waals surface area contributed by atoms with E-state index in [2.05, 4.69) is 5.32 Å². The van der Waals surface area contributed by atoms with Gasteiger partial charge in [-0.3, -0.25) is 19.7 Å². The van der Waals surface area contributed by atoms with Gasteiger partial charge in [-0.2, -0.15) is 0 Å². The fraction of sp³-hybridized carbons (Fsp3) is 0.0667. The van der Waals surface area contributed by atoms with Gasteiger partial charge >= 0.3 is 0 Å². The highest BCUT2D eigenvalue weighted by atomic mass is 16.6. The van der Waals surface area contributed by atoms with Crippen LogP contribution >= 0.6 is 0 Å². The predicted molar refractivity (Wildman–Crippen MR) is 78.8 cm³/mol. The van der Waals surface area contributed by atoms with Crippen LogP contribution in [0, 0.1) is 10.1 Å². The monoisotopic (exact) mass is 300 g/mol. The van der Waals surface area contributed by atoms with E-state index >= 15 is 0 Å². The van der Waals surface area contributed by atoms with Crippen molar-refractivity contribution in [3.63, 3.8) is 0 Å². The Morgan fingerprint density at radius 2 is 1.82 bits per heavy atom. The average molecular weight is 300 g/mol. The predicted octanol–water partition coefficient (Wildman–Crippen LogP) is 2.51. The number of amides is 1. The van der Waals surface area contributed by atoms with Gasteiger partial charge in [0.25, 0.3) is 5.69 Å². The van der Waals surface area contributed by atoms with Gasteiger partial charge in [-0.15, -0.1) is 0 Å². The first-order valence-corrected chi connectivity index (χ1v) is 6.32. The first-order chi connectivity index (χ1) is 10.5. The van der Waals surface area contributed by atoms with Crippen molar-refractivity contribution in [2.24, 2.45) is 0 Å². The Morgan fingerprint density at radius 1 is 1.14 bits per heavy atom. The minimum absolute atomic E-state index is 0.000467. The molecule has 0 saturated heterocycles. The number of aromatic hydroxyl groups is 1. The summed E-state index contributed by atoms with van der Waals surface area (Å²) in [5.74, 6) is -0.985. The first-order valence-electron chi connectivity index (χ1n) is 6.32. The molecular formula is C15H12N2O5. The van der Waals surface area contributed by atoms with Crippen molar-refractivity contribution < 1.29 is 19.6 Å². The third kappa shape index (κ3) is 3.89. The second-order valence-electron chi connectivity index (χ2n) is 4.50. The maximum Gasteiger partial charge on any atom is 0.269 e. The number of nitro groups is 1. The molecule has 2 rings (SSSR count). The quantitative estimate of drug-likeness (QED) is 0.381.